The van der Waals surface area contributed by atoms with Gasteiger partial charge in [0, 0.05) is 7.11 Å². The monoisotopic (exact) mass is 284 g/mol. The van der Waals surface area contributed by atoms with Crippen LogP contribution in [0.5, 0.6) is 0 Å². The van der Waals surface area contributed by atoms with Crippen LogP contribution in [0.15, 0.2) is 0 Å². The van der Waals surface area contributed by atoms with Gasteiger partial charge in [-0.15, -0.1) is 11.3 Å². The fourth-order valence-corrected chi connectivity index (χ4v) is 3.30. The van der Waals surface area contributed by atoms with Gasteiger partial charge in [-0.3, -0.25) is 4.90 Å². The highest BCUT2D eigenvalue weighted by Gasteiger charge is 2.19. The number of likely N-dealkylation sites (tertiary alicyclic amines) is 1. The van der Waals surface area contributed by atoms with E-state index in [1.54, 1.807) is 7.11 Å². The molecule has 1 aliphatic rings. The van der Waals surface area contributed by atoms with Crippen molar-refractivity contribution in [2.45, 2.75) is 38.8 Å². The highest BCUT2D eigenvalue weighted by molar-refractivity contribution is 7.13. The number of nitrogens with zero attached hydrogens (tertiary/aromatic N) is 2. The van der Waals surface area contributed by atoms with Crippen LogP contribution in [-0.2, 0) is 17.9 Å². The van der Waals surface area contributed by atoms with E-state index in [2.05, 4.69) is 9.88 Å². The first kappa shape index (κ1) is 14.4. The van der Waals surface area contributed by atoms with Crippen molar-refractivity contribution in [2.24, 2.45) is 0 Å². The number of hydrogen-bond donors (Lipinski definition) is 1. The number of carboxylic acids is 1. The molecule has 0 atom stereocenters. The lowest BCUT2D eigenvalue weighted by atomic mass is 10.2. The summed E-state index contributed by atoms with van der Waals surface area (Å²) in [7, 11) is 1.56. The maximum absolute atomic E-state index is 11.2. The highest BCUT2D eigenvalue weighted by atomic mass is 32.1. The van der Waals surface area contributed by atoms with Crippen LogP contribution in [0.1, 0.15) is 46.1 Å². The van der Waals surface area contributed by atoms with E-state index in [1.807, 2.05) is 0 Å². The maximum atomic E-state index is 11.2. The number of aromatic nitrogens is 1. The molecule has 1 aromatic rings. The topological polar surface area (TPSA) is 62.7 Å². The van der Waals surface area contributed by atoms with Gasteiger partial charge < -0.3 is 9.84 Å². The molecular weight excluding hydrogens is 264 g/mol. The maximum Gasteiger partial charge on any atom is 0.347 e. The molecule has 19 heavy (non-hydrogen) atoms. The summed E-state index contributed by atoms with van der Waals surface area (Å²) in [6.45, 7) is 3.19. The molecule has 5 nitrogen and oxygen atoms in total. The first-order chi connectivity index (χ1) is 9.20. The quantitative estimate of drug-likeness (QED) is 0.899. The molecule has 106 valence electrons. The van der Waals surface area contributed by atoms with Gasteiger partial charge in [0.25, 0.3) is 0 Å². The lowest BCUT2D eigenvalue weighted by Crippen LogP contribution is -2.23. The van der Waals surface area contributed by atoms with E-state index in [-0.39, 0.29) is 6.61 Å². The molecule has 0 amide bonds. The number of hydrogen-bond acceptors (Lipinski definition) is 5. The van der Waals surface area contributed by atoms with Crippen molar-refractivity contribution in [3.63, 3.8) is 0 Å². The second-order valence-electron chi connectivity index (χ2n) is 4.81. The van der Waals surface area contributed by atoms with Gasteiger partial charge in [-0.25, -0.2) is 9.78 Å². The van der Waals surface area contributed by atoms with Crippen LogP contribution in [0.2, 0.25) is 0 Å². The van der Waals surface area contributed by atoms with Gasteiger partial charge in [-0.05, 0) is 25.9 Å². The third-order valence-corrected chi connectivity index (χ3v) is 4.34. The second-order valence-corrected chi connectivity index (χ2v) is 5.90. The third-order valence-electron chi connectivity index (χ3n) is 3.27. The Labute approximate surface area is 117 Å². The van der Waals surface area contributed by atoms with Crippen molar-refractivity contribution in [1.82, 2.24) is 9.88 Å². The molecular formula is C13H20N2O3S. The standard InChI is InChI=1S/C13H20N2O3S/c1-18-9-10-12(13(16)17)19-11(14-10)8-15-6-4-2-3-5-7-15/h2-9H2,1H3,(H,16,17). The molecule has 2 rings (SSSR count). The molecule has 1 aliphatic heterocycles. The van der Waals surface area contributed by atoms with Crippen molar-refractivity contribution in [3.05, 3.63) is 15.6 Å². The van der Waals surface area contributed by atoms with Gasteiger partial charge in [-0.2, -0.15) is 0 Å². The van der Waals surface area contributed by atoms with E-state index >= 15 is 0 Å². The average molecular weight is 284 g/mol. The summed E-state index contributed by atoms with van der Waals surface area (Å²) in [6, 6.07) is 0. The zero-order chi connectivity index (χ0) is 13.7. The first-order valence-corrected chi connectivity index (χ1v) is 7.45. The van der Waals surface area contributed by atoms with Gasteiger partial charge in [-0.1, -0.05) is 12.8 Å². The van der Waals surface area contributed by atoms with Crippen molar-refractivity contribution >= 4 is 17.3 Å². The van der Waals surface area contributed by atoms with Crippen LogP contribution in [0.3, 0.4) is 0 Å². The minimum Gasteiger partial charge on any atom is -0.477 e. The lowest BCUT2D eigenvalue weighted by molar-refractivity contribution is 0.0697. The Morgan fingerprint density at radius 2 is 2.05 bits per heavy atom. The SMILES string of the molecule is COCc1nc(CN2CCCCCC2)sc1C(=O)O. The van der Waals surface area contributed by atoms with Crippen LogP contribution in [0, 0.1) is 0 Å². The van der Waals surface area contributed by atoms with Crippen molar-refractivity contribution in [1.29, 1.82) is 0 Å². The molecule has 1 N–H and O–H groups in total. The predicted octanol–water partition coefficient (Wildman–Crippen LogP) is 2.36. The van der Waals surface area contributed by atoms with Gasteiger partial charge >= 0.3 is 5.97 Å². The van der Waals surface area contributed by atoms with E-state index < -0.39 is 5.97 Å². The molecule has 1 saturated heterocycles. The predicted molar refractivity (Wildman–Crippen MR) is 73.5 cm³/mol. The van der Waals surface area contributed by atoms with Crippen molar-refractivity contribution in [3.8, 4) is 0 Å². The summed E-state index contributed by atoms with van der Waals surface area (Å²) in [5.74, 6) is -0.910. The number of carboxylic acid groups (broad SMARTS) is 1. The lowest BCUT2D eigenvalue weighted by Gasteiger charge is -2.17. The Bertz CT molecular complexity index is 426. The number of methoxy groups -OCH3 is 1. The summed E-state index contributed by atoms with van der Waals surface area (Å²) < 4.78 is 5.01. The van der Waals surface area contributed by atoms with E-state index in [1.165, 1.54) is 37.0 Å². The third kappa shape index (κ3) is 3.99. The molecule has 1 aromatic heterocycles. The molecule has 0 saturated carbocycles. The van der Waals surface area contributed by atoms with Crippen LogP contribution in [-0.4, -0.2) is 41.2 Å². The minimum absolute atomic E-state index is 0.262. The second kappa shape index (κ2) is 6.98. The van der Waals surface area contributed by atoms with Crippen LogP contribution in [0.25, 0.3) is 0 Å². The Kier molecular flexibility index (Phi) is 5.30. The smallest absolute Gasteiger partial charge is 0.347 e. The molecule has 0 aliphatic carbocycles. The van der Waals surface area contributed by atoms with Crippen molar-refractivity contribution in [2.75, 3.05) is 20.2 Å². The Morgan fingerprint density at radius 1 is 1.37 bits per heavy atom. The summed E-state index contributed by atoms with van der Waals surface area (Å²) in [4.78, 5) is 18.3. The van der Waals surface area contributed by atoms with E-state index in [9.17, 15) is 4.79 Å². The minimum atomic E-state index is -0.910. The molecule has 6 heteroatoms. The van der Waals surface area contributed by atoms with Crippen molar-refractivity contribution < 1.29 is 14.6 Å². The number of rotatable bonds is 5. The van der Waals surface area contributed by atoms with Gasteiger partial charge in [0.05, 0.1) is 18.8 Å². The zero-order valence-corrected chi connectivity index (χ0v) is 12.0. The fraction of sp³-hybridized carbons (Fsp3) is 0.692. The largest absolute Gasteiger partial charge is 0.477 e. The van der Waals surface area contributed by atoms with E-state index in [0.29, 0.717) is 10.6 Å². The molecule has 2 heterocycles. The number of aromatic carboxylic acids is 1. The highest BCUT2D eigenvalue weighted by Crippen LogP contribution is 2.22. The normalized spacial score (nSPS) is 17.3. The number of carbonyl (C=O) groups is 1. The Morgan fingerprint density at radius 3 is 2.63 bits per heavy atom. The summed E-state index contributed by atoms with van der Waals surface area (Å²) in [6.07, 6.45) is 5.04. The Hall–Kier alpha value is -0.980. The van der Waals surface area contributed by atoms with Gasteiger partial charge in [0.15, 0.2) is 0 Å². The van der Waals surface area contributed by atoms with E-state index in [0.717, 1.165) is 24.6 Å². The summed E-state index contributed by atoms with van der Waals surface area (Å²) in [5, 5.41) is 10.0. The average Bonchev–Trinajstić information content (AvgIpc) is 2.59. The number of thiazole rings is 1. The molecule has 0 spiro atoms. The van der Waals surface area contributed by atoms with Crippen LogP contribution < -0.4 is 0 Å². The zero-order valence-electron chi connectivity index (χ0n) is 11.2. The summed E-state index contributed by atoms with van der Waals surface area (Å²) >= 11 is 1.28. The fourth-order valence-electron chi connectivity index (χ4n) is 2.36. The van der Waals surface area contributed by atoms with Gasteiger partial charge in [0.2, 0.25) is 0 Å². The molecule has 0 bridgehead atoms. The molecule has 0 aromatic carbocycles. The van der Waals surface area contributed by atoms with Crippen LogP contribution >= 0.6 is 11.3 Å². The summed E-state index contributed by atoms with van der Waals surface area (Å²) in [5.41, 5.74) is 0.546. The van der Waals surface area contributed by atoms with Crippen LogP contribution in [0.4, 0.5) is 0 Å². The number of ether oxygens (including phenoxy) is 1. The Balaban J connectivity index is 2.06. The van der Waals surface area contributed by atoms with E-state index in [4.69, 9.17) is 9.84 Å². The molecule has 1 fully saturated rings. The van der Waals surface area contributed by atoms with Gasteiger partial charge in [0.1, 0.15) is 9.88 Å². The first-order valence-electron chi connectivity index (χ1n) is 6.64. The molecule has 0 radical (unpaired) electrons. The molecule has 0 unspecified atom stereocenters.